The van der Waals surface area contributed by atoms with E-state index in [0.717, 1.165) is 31.1 Å². The first-order valence-corrected chi connectivity index (χ1v) is 8.50. The van der Waals surface area contributed by atoms with Crippen LogP contribution in [0.3, 0.4) is 0 Å². The molecule has 2 N–H and O–H groups in total. The van der Waals surface area contributed by atoms with Crippen LogP contribution in [0.5, 0.6) is 5.75 Å². The smallest absolute Gasteiger partial charge is 0.166 e. The van der Waals surface area contributed by atoms with E-state index >= 15 is 0 Å². The summed E-state index contributed by atoms with van der Waals surface area (Å²) in [6.07, 6.45) is 0. The molecular formula is C15H16BrFN2OS. The number of hydrogen-bond acceptors (Lipinski definition) is 4. The minimum Gasteiger partial charge on any atom is -0.505 e. The molecule has 3 nitrogen and oxygen atoms in total. The molecule has 0 amide bonds. The fraction of sp³-hybridized carbons (Fsp3) is 0.333. The van der Waals surface area contributed by atoms with Gasteiger partial charge in [-0.15, -0.1) is 11.3 Å². The van der Waals surface area contributed by atoms with E-state index in [1.54, 1.807) is 11.3 Å². The quantitative estimate of drug-likeness (QED) is 0.869. The lowest BCUT2D eigenvalue weighted by molar-refractivity contribution is 0.197. The molecule has 2 aromatic rings. The number of thiophene rings is 1. The minimum absolute atomic E-state index is 0.112. The molecule has 21 heavy (non-hydrogen) atoms. The van der Waals surface area contributed by atoms with Crippen molar-refractivity contribution >= 4 is 27.3 Å². The molecule has 1 aliphatic heterocycles. The average Bonchev–Trinajstić information content (AvgIpc) is 2.99. The number of aromatic hydroxyl groups is 1. The number of piperazine rings is 1. The molecule has 1 aromatic carbocycles. The highest BCUT2D eigenvalue weighted by Crippen LogP contribution is 2.39. The van der Waals surface area contributed by atoms with E-state index in [1.807, 2.05) is 23.6 Å². The van der Waals surface area contributed by atoms with E-state index in [2.05, 4.69) is 26.1 Å². The van der Waals surface area contributed by atoms with Gasteiger partial charge < -0.3 is 10.4 Å². The predicted molar refractivity (Wildman–Crippen MR) is 86.4 cm³/mol. The van der Waals surface area contributed by atoms with E-state index < -0.39 is 5.82 Å². The third kappa shape index (κ3) is 3.13. The Labute approximate surface area is 135 Å². The monoisotopic (exact) mass is 370 g/mol. The summed E-state index contributed by atoms with van der Waals surface area (Å²) in [5, 5.41) is 15.5. The van der Waals surface area contributed by atoms with Crippen LogP contribution in [0.1, 0.15) is 16.5 Å². The normalized spacial score (nSPS) is 17.8. The van der Waals surface area contributed by atoms with Crippen molar-refractivity contribution in [1.29, 1.82) is 0 Å². The van der Waals surface area contributed by atoms with Crippen LogP contribution < -0.4 is 5.32 Å². The van der Waals surface area contributed by atoms with Crippen LogP contribution in [-0.2, 0) is 0 Å². The van der Waals surface area contributed by atoms with Gasteiger partial charge in [-0.05, 0) is 23.6 Å². The average molecular weight is 371 g/mol. The minimum atomic E-state index is -0.587. The lowest BCUT2D eigenvalue weighted by Crippen LogP contribution is -2.45. The van der Waals surface area contributed by atoms with Crippen molar-refractivity contribution in [2.24, 2.45) is 0 Å². The summed E-state index contributed by atoms with van der Waals surface area (Å²) in [5.74, 6) is -0.841. The molecule has 2 heterocycles. The summed E-state index contributed by atoms with van der Waals surface area (Å²) in [7, 11) is 0. The van der Waals surface area contributed by atoms with Gasteiger partial charge in [0.05, 0.1) is 6.04 Å². The topological polar surface area (TPSA) is 35.5 Å². The number of nitrogens with one attached hydrogen (secondary N) is 1. The highest BCUT2D eigenvalue weighted by molar-refractivity contribution is 9.10. The lowest BCUT2D eigenvalue weighted by Gasteiger charge is -2.35. The Hall–Kier alpha value is -0.950. The van der Waals surface area contributed by atoms with Crippen molar-refractivity contribution in [3.63, 3.8) is 0 Å². The van der Waals surface area contributed by atoms with Gasteiger partial charge in [-0.25, -0.2) is 4.39 Å². The van der Waals surface area contributed by atoms with Gasteiger partial charge in [0.1, 0.15) is 0 Å². The number of phenols is 1. The predicted octanol–water partition coefficient (Wildman–Crippen LogP) is 3.35. The Balaban J connectivity index is 2.07. The maximum absolute atomic E-state index is 13.9. The largest absolute Gasteiger partial charge is 0.505 e. The second-order valence-corrected chi connectivity index (χ2v) is 6.92. The SMILES string of the molecule is Oc1c(F)cc(Br)cc1[C@H](c1cccs1)N1CCNCC1. The van der Waals surface area contributed by atoms with E-state index in [1.165, 1.54) is 6.07 Å². The molecule has 0 bridgehead atoms. The molecular weight excluding hydrogens is 355 g/mol. The molecule has 0 radical (unpaired) electrons. The second-order valence-electron chi connectivity index (χ2n) is 5.03. The maximum Gasteiger partial charge on any atom is 0.166 e. The standard InChI is InChI=1S/C15H16BrFN2OS/c16-10-8-11(15(20)12(17)9-10)14(13-2-1-7-21-13)19-5-3-18-4-6-19/h1-2,7-9,14,18,20H,3-6H2/t14-/m1/s1. The van der Waals surface area contributed by atoms with E-state index in [0.29, 0.717) is 10.0 Å². The zero-order valence-electron chi connectivity index (χ0n) is 11.4. The van der Waals surface area contributed by atoms with Crippen LogP contribution >= 0.6 is 27.3 Å². The molecule has 0 spiro atoms. The van der Waals surface area contributed by atoms with Crippen molar-refractivity contribution in [3.8, 4) is 5.75 Å². The summed E-state index contributed by atoms with van der Waals surface area (Å²) in [4.78, 5) is 3.40. The number of phenolic OH excluding ortho intramolecular Hbond substituents is 1. The number of benzene rings is 1. The maximum atomic E-state index is 13.9. The molecule has 0 unspecified atom stereocenters. The molecule has 1 saturated heterocycles. The van der Waals surface area contributed by atoms with Gasteiger partial charge in [0.15, 0.2) is 11.6 Å². The molecule has 1 aliphatic rings. The van der Waals surface area contributed by atoms with Gasteiger partial charge in [-0.3, -0.25) is 4.90 Å². The first-order chi connectivity index (χ1) is 10.2. The molecule has 112 valence electrons. The first-order valence-electron chi connectivity index (χ1n) is 6.83. The van der Waals surface area contributed by atoms with E-state index in [9.17, 15) is 9.50 Å². The molecule has 1 aromatic heterocycles. The Morgan fingerprint density at radius 2 is 2.10 bits per heavy atom. The number of rotatable bonds is 3. The van der Waals surface area contributed by atoms with E-state index in [-0.39, 0.29) is 11.8 Å². The first kappa shape index (κ1) is 15.0. The zero-order chi connectivity index (χ0) is 14.8. The van der Waals surface area contributed by atoms with Crippen LogP contribution in [0.15, 0.2) is 34.1 Å². The van der Waals surface area contributed by atoms with Crippen LogP contribution in [0, 0.1) is 5.82 Å². The molecule has 1 atom stereocenters. The van der Waals surface area contributed by atoms with Gasteiger partial charge in [0.25, 0.3) is 0 Å². The summed E-state index contributed by atoms with van der Waals surface area (Å²) in [6, 6.07) is 7.02. The van der Waals surface area contributed by atoms with Crippen molar-refractivity contribution in [2.75, 3.05) is 26.2 Å². The zero-order valence-corrected chi connectivity index (χ0v) is 13.8. The van der Waals surface area contributed by atoms with Crippen molar-refractivity contribution in [3.05, 3.63) is 50.4 Å². The Kier molecular flexibility index (Phi) is 4.59. The highest BCUT2D eigenvalue weighted by Gasteiger charge is 2.28. The van der Waals surface area contributed by atoms with Crippen LogP contribution in [0.4, 0.5) is 4.39 Å². The Bertz CT molecular complexity index is 614. The summed E-state index contributed by atoms with van der Waals surface area (Å²) in [5.41, 5.74) is 0.617. The van der Waals surface area contributed by atoms with Gasteiger partial charge >= 0.3 is 0 Å². The fourth-order valence-corrected chi connectivity index (χ4v) is 4.04. The Morgan fingerprint density at radius 3 is 2.76 bits per heavy atom. The second kappa shape index (κ2) is 6.44. The molecule has 0 saturated carbocycles. The van der Waals surface area contributed by atoms with Gasteiger partial charge in [-0.2, -0.15) is 0 Å². The van der Waals surface area contributed by atoms with Gasteiger partial charge in [-0.1, -0.05) is 22.0 Å². The Morgan fingerprint density at radius 1 is 1.33 bits per heavy atom. The molecule has 0 aliphatic carbocycles. The number of hydrogen-bond donors (Lipinski definition) is 2. The van der Waals surface area contributed by atoms with Crippen LogP contribution in [0.2, 0.25) is 0 Å². The highest BCUT2D eigenvalue weighted by atomic mass is 79.9. The van der Waals surface area contributed by atoms with Crippen molar-refractivity contribution in [1.82, 2.24) is 10.2 Å². The van der Waals surface area contributed by atoms with E-state index in [4.69, 9.17) is 0 Å². The lowest BCUT2D eigenvalue weighted by atomic mass is 10.0. The number of nitrogens with zero attached hydrogens (tertiary/aromatic N) is 1. The fourth-order valence-electron chi connectivity index (χ4n) is 2.71. The van der Waals surface area contributed by atoms with Crippen molar-refractivity contribution in [2.45, 2.75) is 6.04 Å². The summed E-state index contributed by atoms with van der Waals surface area (Å²) < 4.78 is 14.5. The summed E-state index contributed by atoms with van der Waals surface area (Å²) in [6.45, 7) is 3.55. The summed E-state index contributed by atoms with van der Waals surface area (Å²) >= 11 is 4.95. The molecule has 6 heteroatoms. The number of halogens is 2. The van der Waals surface area contributed by atoms with Crippen LogP contribution in [-0.4, -0.2) is 36.2 Å². The van der Waals surface area contributed by atoms with Crippen molar-refractivity contribution < 1.29 is 9.50 Å². The van der Waals surface area contributed by atoms with Gasteiger partial charge in [0, 0.05) is 41.1 Å². The van der Waals surface area contributed by atoms with Gasteiger partial charge in [0.2, 0.25) is 0 Å². The third-order valence-electron chi connectivity index (χ3n) is 3.68. The van der Waals surface area contributed by atoms with Crippen LogP contribution in [0.25, 0.3) is 0 Å². The third-order valence-corrected chi connectivity index (χ3v) is 5.06. The molecule has 1 fully saturated rings. The molecule has 3 rings (SSSR count).